The van der Waals surface area contributed by atoms with Crippen molar-refractivity contribution in [1.82, 2.24) is 10.3 Å². The van der Waals surface area contributed by atoms with Crippen LogP contribution in [0.2, 0.25) is 0 Å². The number of aromatic nitrogens is 1. The lowest BCUT2D eigenvalue weighted by Crippen LogP contribution is -2.16. The van der Waals surface area contributed by atoms with Crippen molar-refractivity contribution in [1.29, 1.82) is 0 Å². The minimum atomic E-state index is 0.848. The maximum atomic E-state index is 4.29. The van der Waals surface area contributed by atoms with Crippen LogP contribution in [0.3, 0.4) is 0 Å². The third-order valence-corrected chi connectivity index (χ3v) is 3.87. The fourth-order valence-electron chi connectivity index (χ4n) is 2.93. The Balaban J connectivity index is 1.85. The van der Waals surface area contributed by atoms with E-state index in [9.17, 15) is 0 Å². The summed E-state index contributed by atoms with van der Waals surface area (Å²) in [5.74, 6) is 1.72. The topological polar surface area (TPSA) is 24.9 Å². The molecule has 3 rings (SSSR count). The van der Waals surface area contributed by atoms with Gasteiger partial charge in [0.1, 0.15) is 0 Å². The maximum absolute atomic E-state index is 4.29. The predicted molar refractivity (Wildman–Crippen MR) is 66.0 cm³/mol. The molecule has 0 spiro atoms. The van der Waals surface area contributed by atoms with Gasteiger partial charge < -0.3 is 5.32 Å². The summed E-state index contributed by atoms with van der Waals surface area (Å²) in [6.07, 6.45) is 8.81. The first kappa shape index (κ1) is 10.0. The molecule has 0 amide bonds. The van der Waals surface area contributed by atoms with Crippen molar-refractivity contribution in [3.63, 3.8) is 0 Å². The van der Waals surface area contributed by atoms with Crippen LogP contribution >= 0.6 is 0 Å². The number of nitrogens with zero attached hydrogens (tertiary/aromatic N) is 1. The van der Waals surface area contributed by atoms with E-state index in [4.69, 9.17) is 0 Å². The average Bonchev–Trinajstić information content (AvgIpc) is 2.75. The summed E-state index contributed by atoms with van der Waals surface area (Å²) in [6, 6.07) is 2.25. The summed E-state index contributed by atoms with van der Waals surface area (Å²) in [7, 11) is 0. The molecule has 1 fully saturated rings. The van der Waals surface area contributed by atoms with E-state index in [0.29, 0.717) is 0 Å². The minimum absolute atomic E-state index is 0.848. The molecule has 16 heavy (non-hydrogen) atoms. The third-order valence-electron chi connectivity index (χ3n) is 3.87. The van der Waals surface area contributed by atoms with Crippen LogP contribution in [-0.2, 0) is 0 Å². The molecule has 0 bridgehead atoms. The van der Waals surface area contributed by atoms with Gasteiger partial charge in [0.15, 0.2) is 0 Å². The number of hydrogen-bond donors (Lipinski definition) is 1. The van der Waals surface area contributed by atoms with Crippen LogP contribution in [-0.4, -0.2) is 18.1 Å². The Morgan fingerprint density at radius 2 is 2.12 bits per heavy atom. The van der Waals surface area contributed by atoms with E-state index in [0.717, 1.165) is 11.8 Å². The number of fused-ring (bicyclic) bond motifs is 1. The van der Waals surface area contributed by atoms with Gasteiger partial charge >= 0.3 is 0 Å². The van der Waals surface area contributed by atoms with Gasteiger partial charge in [0.2, 0.25) is 0 Å². The van der Waals surface area contributed by atoms with Crippen molar-refractivity contribution in [2.75, 3.05) is 13.1 Å². The molecule has 2 aliphatic rings. The molecular formula is C14H18N2. The molecule has 2 atom stereocenters. The minimum Gasteiger partial charge on any atom is -0.316 e. The number of pyridine rings is 1. The van der Waals surface area contributed by atoms with Crippen LogP contribution in [0.4, 0.5) is 0 Å². The molecule has 2 nitrogen and oxygen atoms in total. The smallest absolute Gasteiger partial charge is 0.0343 e. The van der Waals surface area contributed by atoms with Gasteiger partial charge in [0.25, 0.3) is 0 Å². The number of aryl methyl sites for hydroxylation is 1. The SMILES string of the molecule is Cc1cncc(C2=CCC3CNCC3C2)c1. The van der Waals surface area contributed by atoms with Crippen molar-refractivity contribution in [2.45, 2.75) is 19.8 Å². The quantitative estimate of drug-likeness (QED) is 0.776. The Kier molecular flexibility index (Phi) is 2.52. The first-order chi connectivity index (χ1) is 7.83. The highest BCUT2D eigenvalue weighted by Crippen LogP contribution is 2.36. The average molecular weight is 214 g/mol. The highest BCUT2D eigenvalue weighted by atomic mass is 14.9. The molecule has 1 N–H and O–H groups in total. The van der Waals surface area contributed by atoms with Crippen LogP contribution in [0.1, 0.15) is 24.0 Å². The van der Waals surface area contributed by atoms with Crippen molar-refractivity contribution in [3.8, 4) is 0 Å². The molecule has 0 radical (unpaired) electrons. The summed E-state index contributed by atoms with van der Waals surface area (Å²) >= 11 is 0. The number of nitrogens with one attached hydrogen (secondary N) is 1. The Hall–Kier alpha value is -1.15. The van der Waals surface area contributed by atoms with E-state index in [1.807, 2.05) is 12.4 Å². The van der Waals surface area contributed by atoms with Crippen LogP contribution in [0.25, 0.3) is 5.57 Å². The lowest BCUT2D eigenvalue weighted by atomic mass is 9.80. The van der Waals surface area contributed by atoms with E-state index in [1.165, 1.54) is 42.6 Å². The van der Waals surface area contributed by atoms with Crippen molar-refractivity contribution >= 4 is 5.57 Å². The monoisotopic (exact) mass is 214 g/mol. The molecule has 2 heterocycles. The fourth-order valence-corrected chi connectivity index (χ4v) is 2.93. The summed E-state index contributed by atoms with van der Waals surface area (Å²) in [5, 5.41) is 3.50. The second-order valence-electron chi connectivity index (χ2n) is 5.10. The van der Waals surface area contributed by atoms with Crippen molar-refractivity contribution < 1.29 is 0 Å². The zero-order valence-corrected chi connectivity index (χ0v) is 9.74. The molecule has 1 aromatic heterocycles. The van der Waals surface area contributed by atoms with Gasteiger partial charge in [-0.1, -0.05) is 6.08 Å². The predicted octanol–water partition coefficient (Wildman–Crippen LogP) is 2.40. The van der Waals surface area contributed by atoms with Crippen LogP contribution in [0, 0.1) is 18.8 Å². The zero-order chi connectivity index (χ0) is 11.0. The summed E-state index contributed by atoms with van der Waals surface area (Å²) in [6.45, 7) is 4.52. The summed E-state index contributed by atoms with van der Waals surface area (Å²) in [5.41, 5.74) is 4.08. The van der Waals surface area contributed by atoms with Crippen molar-refractivity contribution in [3.05, 3.63) is 35.7 Å². The Morgan fingerprint density at radius 3 is 3.00 bits per heavy atom. The Bertz CT molecular complexity index is 422. The van der Waals surface area contributed by atoms with E-state index in [-0.39, 0.29) is 0 Å². The molecule has 0 aromatic carbocycles. The highest BCUT2D eigenvalue weighted by molar-refractivity contribution is 5.66. The first-order valence-corrected chi connectivity index (χ1v) is 6.15. The number of hydrogen-bond acceptors (Lipinski definition) is 2. The van der Waals surface area contributed by atoms with E-state index < -0.39 is 0 Å². The van der Waals surface area contributed by atoms with E-state index in [1.54, 1.807) is 0 Å². The molecular weight excluding hydrogens is 196 g/mol. The molecule has 1 aliphatic carbocycles. The third kappa shape index (κ3) is 1.78. The van der Waals surface area contributed by atoms with Gasteiger partial charge in [0, 0.05) is 12.4 Å². The van der Waals surface area contributed by atoms with Gasteiger partial charge in [0.05, 0.1) is 0 Å². The molecule has 84 valence electrons. The van der Waals surface area contributed by atoms with Crippen LogP contribution in [0.15, 0.2) is 24.5 Å². The molecule has 2 heteroatoms. The van der Waals surface area contributed by atoms with Gasteiger partial charge in [-0.25, -0.2) is 0 Å². The molecule has 1 aliphatic heterocycles. The second-order valence-corrected chi connectivity index (χ2v) is 5.10. The highest BCUT2D eigenvalue weighted by Gasteiger charge is 2.30. The van der Waals surface area contributed by atoms with Gasteiger partial charge in [-0.05, 0) is 67.5 Å². The molecule has 1 saturated heterocycles. The van der Waals surface area contributed by atoms with Crippen LogP contribution in [0.5, 0.6) is 0 Å². The lowest BCUT2D eigenvalue weighted by Gasteiger charge is -2.24. The first-order valence-electron chi connectivity index (χ1n) is 6.15. The van der Waals surface area contributed by atoms with Gasteiger partial charge in [-0.2, -0.15) is 0 Å². The Morgan fingerprint density at radius 1 is 1.25 bits per heavy atom. The fraction of sp³-hybridized carbons (Fsp3) is 0.500. The zero-order valence-electron chi connectivity index (χ0n) is 9.74. The van der Waals surface area contributed by atoms with Crippen molar-refractivity contribution in [2.24, 2.45) is 11.8 Å². The molecule has 0 saturated carbocycles. The van der Waals surface area contributed by atoms with Gasteiger partial charge in [-0.15, -0.1) is 0 Å². The number of allylic oxidation sites excluding steroid dienone is 2. The second kappa shape index (κ2) is 4.02. The lowest BCUT2D eigenvalue weighted by molar-refractivity contribution is 0.418. The Labute approximate surface area is 96.8 Å². The standard InChI is InChI=1S/C14H18N2/c1-10-4-13(8-15-6-10)11-2-3-12-7-16-9-14(12)5-11/h2,4,6,8,12,14,16H,3,5,7,9H2,1H3. The van der Waals surface area contributed by atoms with Gasteiger partial charge in [-0.3, -0.25) is 4.98 Å². The number of rotatable bonds is 1. The summed E-state index contributed by atoms with van der Waals surface area (Å²) in [4.78, 5) is 4.29. The van der Waals surface area contributed by atoms with E-state index >= 15 is 0 Å². The normalized spacial score (nSPS) is 28.7. The largest absolute Gasteiger partial charge is 0.316 e. The molecule has 1 aromatic rings. The van der Waals surface area contributed by atoms with E-state index in [2.05, 4.69) is 29.4 Å². The van der Waals surface area contributed by atoms with Crippen LogP contribution < -0.4 is 5.32 Å². The molecule has 2 unspecified atom stereocenters. The maximum Gasteiger partial charge on any atom is 0.0343 e. The summed E-state index contributed by atoms with van der Waals surface area (Å²) < 4.78 is 0.